The van der Waals surface area contributed by atoms with Gasteiger partial charge < -0.3 is 11.1 Å². The zero-order chi connectivity index (χ0) is 15.4. The van der Waals surface area contributed by atoms with Crippen molar-refractivity contribution < 1.29 is 4.79 Å². The summed E-state index contributed by atoms with van der Waals surface area (Å²) < 4.78 is 0. The first kappa shape index (κ1) is 17.2. The molecule has 1 heterocycles. The van der Waals surface area contributed by atoms with E-state index < -0.39 is 0 Å². The van der Waals surface area contributed by atoms with Crippen LogP contribution in [0.2, 0.25) is 0 Å². The number of nitrogens with two attached hydrogens (primary N) is 1. The van der Waals surface area contributed by atoms with Crippen LogP contribution in [-0.4, -0.2) is 18.5 Å². The van der Waals surface area contributed by atoms with Gasteiger partial charge in [-0.25, -0.2) is 0 Å². The summed E-state index contributed by atoms with van der Waals surface area (Å²) in [5.74, 6) is 0.0476. The van der Waals surface area contributed by atoms with Crippen LogP contribution in [0.1, 0.15) is 52.3 Å². The van der Waals surface area contributed by atoms with Gasteiger partial charge in [0.2, 0.25) is 5.91 Å². The summed E-state index contributed by atoms with van der Waals surface area (Å²) in [6.45, 7) is 11.4. The minimum atomic E-state index is -0.0696. The maximum absolute atomic E-state index is 12.0. The Hall–Kier alpha value is -0.870. The van der Waals surface area contributed by atoms with Crippen molar-refractivity contribution in [1.29, 1.82) is 0 Å². The molecule has 1 unspecified atom stereocenters. The molecule has 0 aliphatic rings. The van der Waals surface area contributed by atoms with Gasteiger partial charge in [-0.05, 0) is 23.3 Å². The predicted molar refractivity (Wildman–Crippen MR) is 87.0 cm³/mol. The van der Waals surface area contributed by atoms with Gasteiger partial charge in [-0.1, -0.05) is 40.7 Å². The van der Waals surface area contributed by atoms with E-state index in [1.165, 1.54) is 4.88 Å². The molecule has 0 aliphatic heterocycles. The predicted octanol–water partition coefficient (Wildman–Crippen LogP) is 3.30. The first-order chi connectivity index (χ1) is 9.10. The summed E-state index contributed by atoms with van der Waals surface area (Å²) in [5, 5.41) is 5.08. The number of rotatable bonds is 6. The Bertz CT molecular complexity index is 418. The highest BCUT2D eigenvalue weighted by molar-refractivity contribution is 7.10. The third-order valence-electron chi connectivity index (χ3n) is 3.24. The van der Waals surface area contributed by atoms with Crippen molar-refractivity contribution in [3.63, 3.8) is 0 Å². The first-order valence-corrected chi connectivity index (χ1v) is 8.04. The third kappa shape index (κ3) is 6.06. The summed E-state index contributed by atoms with van der Waals surface area (Å²) in [6.07, 6.45) is 1.26. The molecule has 0 aromatic carbocycles. The van der Waals surface area contributed by atoms with Crippen LogP contribution < -0.4 is 11.1 Å². The second kappa shape index (κ2) is 6.72. The molecule has 1 aromatic rings. The smallest absolute Gasteiger partial charge is 0.221 e. The van der Waals surface area contributed by atoms with Gasteiger partial charge in [0.05, 0.1) is 0 Å². The topological polar surface area (TPSA) is 55.1 Å². The highest BCUT2D eigenvalue weighted by Gasteiger charge is 2.23. The number of carbonyl (C=O) groups excluding carboxylic acids is 1. The molecule has 0 saturated heterocycles. The van der Waals surface area contributed by atoms with Crippen LogP contribution in [0.25, 0.3) is 0 Å². The zero-order valence-electron chi connectivity index (χ0n) is 13.3. The second-order valence-corrected chi connectivity index (χ2v) is 8.31. The minimum absolute atomic E-state index is 0.0298. The normalized spacial score (nSPS) is 14.1. The highest BCUT2D eigenvalue weighted by atomic mass is 32.1. The van der Waals surface area contributed by atoms with Crippen molar-refractivity contribution in [2.24, 2.45) is 11.1 Å². The van der Waals surface area contributed by atoms with E-state index in [0.717, 1.165) is 6.42 Å². The summed E-state index contributed by atoms with van der Waals surface area (Å²) in [5.41, 5.74) is 6.17. The lowest BCUT2D eigenvalue weighted by Gasteiger charge is -2.25. The number of hydrogen-bond acceptors (Lipinski definition) is 3. The molecule has 0 spiro atoms. The molecule has 0 radical (unpaired) electrons. The van der Waals surface area contributed by atoms with Crippen LogP contribution in [0.15, 0.2) is 17.5 Å². The molecule has 1 atom stereocenters. The quantitative estimate of drug-likeness (QED) is 0.846. The molecular weight excluding hydrogens is 268 g/mol. The van der Waals surface area contributed by atoms with Crippen LogP contribution in [0.3, 0.4) is 0 Å². The van der Waals surface area contributed by atoms with Crippen molar-refractivity contribution in [1.82, 2.24) is 5.32 Å². The fourth-order valence-electron chi connectivity index (χ4n) is 2.24. The molecule has 3 nitrogen and oxygen atoms in total. The van der Waals surface area contributed by atoms with E-state index in [4.69, 9.17) is 5.73 Å². The average Bonchev–Trinajstić information content (AvgIpc) is 2.77. The van der Waals surface area contributed by atoms with E-state index in [9.17, 15) is 4.79 Å². The fourth-order valence-corrected chi connectivity index (χ4v) is 3.09. The van der Waals surface area contributed by atoms with Gasteiger partial charge >= 0.3 is 0 Å². The summed E-state index contributed by atoms with van der Waals surface area (Å²) in [6, 6.07) is 4.09. The molecule has 114 valence electrons. The Morgan fingerprint density at radius 1 is 1.35 bits per heavy atom. The van der Waals surface area contributed by atoms with Gasteiger partial charge in [0.25, 0.3) is 0 Å². The number of nitrogens with one attached hydrogen (secondary N) is 1. The molecule has 1 aromatic heterocycles. The number of carbonyl (C=O) groups is 1. The van der Waals surface area contributed by atoms with Gasteiger partial charge in [0, 0.05) is 29.3 Å². The Morgan fingerprint density at radius 2 is 2.00 bits per heavy atom. The highest BCUT2D eigenvalue weighted by Crippen LogP contribution is 2.26. The maximum Gasteiger partial charge on any atom is 0.221 e. The Kier molecular flexibility index (Phi) is 5.78. The van der Waals surface area contributed by atoms with Crippen LogP contribution in [0.4, 0.5) is 0 Å². The Labute approximate surface area is 127 Å². The van der Waals surface area contributed by atoms with Gasteiger partial charge in [-0.15, -0.1) is 11.3 Å². The van der Waals surface area contributed by atoms with E-state index in [0.29, 0.717) is 13.0 Å². The molecule has 0 bridgehead atoms. The van der Waals surface area contributed by atoms with Gasteiger partial charge in [0.1, 0.15) is 0 Å². The molecular formula is C16H28N2OS. The van der Waals surface area contributed by atoms with Gasteiger partial charge in [0.15, 0.2) is 0 Å². The van der Waals surface area contributed by atoms with Crippen molar-refractivity contribution in [2.75, 3.05) is 6.54 Å². The van der Waals surface area contributed by atoms with Crippen molar-refractivity contribution >= 4 is 17.2 Å². The number of hydrogen-bond donors (Lipinski definition) is 2. The zero-order valence-corrected chi connectivity index (χ0v) is 14.1. The van der Waals surface area contributed by atoms with Crippen LogP contribution in [0, 0.1) is 5.41 Å². The molecule has 0 fully saturated rings. The van der Waals surface area contributed by atoms with E-state index >= 15 is 0 Å². The third-order valence-corrected chi connectivity index (χ3v) is 4.47. The van der Waals surface area contributed by atoms with Crippen molar-refractivity contribution in [2.45, 2.75) is 58.9 Å². The van der Waals surface area contributed by atoms with Gasteiger partial charge in [-0.3, -0.25) is 4.79 Å². The molecule has 1 amide bonds. The number of thiophene rings is 1. The van der Waals surface area contributed by atoms with E-state index in [1.54, 1.807) is 11.3 Å². The second-order valence-electron chi connectivity index (χ2n) is 7.37. The summed E-state index contributed by atoms with van der Waals surface area (Å²) in [7, 11) is 0. The lowest BCUT2D eigenvalue weighted by atomic mass is 9.87. The lowest BCUT2D eigenvalue weighted by Crippen LogP contribution is -2.39. The monoisotopic (exact) mass is 296 g/mol. The first-order valence-electron chi connectivity index (χ1n) is 7.16. The summed E-state index contributed by atoms with van der Waals surface area (Å²) in [4.78, 5) is 13.3. The maximum atomic E-state index is 12.0. The lowest BCUT2D eigenvalue weighted by molar-refractivity contribution is -0.121. The largest absolute Gasteiger partial charge is 0.355 e. The van der Waals surface area contributed by atoms with Crippen LogP contribution in [-0.2, 0) is 10.2 Å². The van der Waals surface area contributed by atoms with Crippen LogP contribution >= 0.6 is 11.3 Å². The summed E-state index contributed by atoms with van der Waals surface area (Å²) >= 11 is 1.73. The molecule has 0 aliphatic carbocycles. The average molecular weight is 296 g/mol. The van der Waals surface area contributed by atoms with Crippen LogP contribution in [0.5, 0.6) is 0 Å². The molecule has 4 heteroatoms. The van der Waals surface area contributed by atoms with E-state index in [-0.39, 0.29) is 22.8 Å². The standard InChI is InChI=1S/C16H28N2OS/c1-15(2,3)10-12(17)9-14(19)18-11-16(4,5)13-7-6-8-20-13/h6-8,12H,9-11,17H2,1-5H3,(H,18,19). The Morgan fingerprint density at radius 3 is 2.50 bits per heavy atom. The molecule has 0 saturated carbocycles. The molecule has 3 N–H and O–H groups in total. The van der Waals surface area contributed by atoms with Crippen molar-refractivity contribution in [3.05, 3.63) is 22.4 Å². The fraction of sp³-hybridized carbons (Fsp3) is 0.688. The van der Waals surface area contributed by atoms with Gasteiger partial charge in [-0.2, -0.15) is 0 Å². The number of amides is 1. The Balaban J connectivity index is 2.40. The SMILES string of the molecule is CC(C)(C)CC(N)CC(=O)NCC(C)(C)c1cccs1. The molecule has 20 heavy (non-hydrogen) atoms. The van der Waals surface area contributed by atoms with E-state index in [2.05, 4.69) is 51.4 Å². The van der Waals surface area contributed by atoms with E-state index in [1.807, 2.05) is 6.07 Å². The van der Waals surface area contributed by atoms with Crippen molar-refractivity contribution in [3.8, 4) is 0 Å². The minimum Gasteiger partial charge on any atom is -0.355 e. The molecule has 1 rings (SSSR count).